The second kappa shape index (κ2) is 5.86. The number of hydrogen-bond donors (Lipinski definition) is 2. The fourth-order valence-corrected chi connectivity index (χ4v) is 2.07. The zero-order valence-corrected chi connectivity index (χ0v) is 11.8. The van der Waals surface area contributed by atoms with Crippen LogP contribution in [0.15, 0.2) is 42.6 Å². The summed E-state index contributed by atoms with van der Waals surface area (Å²) < 4.78 is 1.83. The molecule has 0 aliphatic heterocycles. The van der Waals surface area contributed by atoms with Crippen molar-refractivity contribution in [3.05, 3.63) is 53.3 Å². The second-order valence-corrected chi connectivity index (χ2v) is 4.71. The van der Waals surface area contributed by atoms with Crippen LogP contribution in [0.25, 0.3) is 0 Å². The molecule has 0 bridgehead atoms. The van der Waals surface area contributed by atoms with E-state index in [9.17, 15) is 4.79 Å². The maximum atomic E-state index is 11.8. The zero-order valence-electron chi connectivity index (χ0n) is 10.2. The number of amides is 2. The monoisotopic (exact) mass is 293 g/mol. The molecule has 1 aromatic carbocycles. The lowest BCUT2D eigenvalue weighted by atomic mass is 10.3. The first-order valence-electron chi connectivity index (χ1n) is 5.56. The van der Waals surface area contributed by atoms with E-state index in [0.717, 1.165) is 5.69 Å². The van der Waals surface area contributed by atoms with Crippen LogP contribution < -0.4 is 10.6 Å². The Bertz CT molecular complexity index is 624. The Morgan fingerprint density at radius 1 is 1.26 bits per heavy atom. The number of aromatic nitrogens is 1. The van der Waals surface area contributed by atoms with Gasteiger partial charge in [0.2, 0.25) is 0 Å². The van der Waals surface area contributed by atoms with E-state index in [4.69, 9.17) is 23.8 Å². The molecule has 2 rings (SSSR count). The van der Waals surface area contributed by atoms with E-state index in [1.54, 1.807) is 24.3 Å². The van der Waals surface area contributed by atoms with Gasteiger partial charge in [-0.05, 0) is 24.3 Å². The fourth-order valence-electron chi connectivity index (χ4n) is 1.58. The van der Waals surface area contributed by atoms with E-state index in [-0.39, 0.29) is 0 Å². The van der Waals surface area contributed by atoms with Crippen molar-refractivity contribution in [1.29, 1.82) is 0 Å². The minimum atomic E-state index is -0.417. The molecule has 0 fully saturated rings. The summed E-state index contributed by atoms with van der Waals surface area (Å²) in [5.41, 5.74) is 1.31. The lowest BCUT2D eigenvalue weighted by Crippen LogP contribution is -2.34. The average molecular weight is 294 g/mol. The Balaban J connectivity index is 2.01. The molecule has 0 aliphatic carbocycles. The van der Waals surface area contributed by atoms with Gasteiger partial charge in [-0.15, -0.1) is 0 Å². The number of aryl methyl sites for hydroxylation is 1. The van der Waals surface area contributed by atoms with Gasteiger partial charge >= 0.3 is 6.03 Å². The molecular formula is C13H12ClN3OS. The molecule has 2 amide bonds. The highest BCUT2D eigenvalue weighted by molar-refractivity contribution is 7.80. The summed E-state index contributed by atoms with van der Waals surface area (Å²) in [5.74, 6) is 0. The number of benzene rings is 1. The number of para-hydroxylation sites is 1. The van der Waals surface area contributed by atoms with E-state index < -0.39 is 6.03 Å². The summed E-state index contributed by atoms with van der Waals surface area (Å²) in [6, 6.07) is 10.3. The van der Waals surface area contributed by atoms with Crippen LogP contribution in [0.5, 0.6) is 0 Å². The summed E-state index contributed by atoms with van der Waals surface area (Å²) >= 11 is 11.1. The summed E-state index contributed by atoms with van der Waals surface area (Å²) in [7, 11) is 1.86. The third kappa shape index (κ3) is 3.33. The van der Waals surface area contributed by atoms with Crippen molar-refractivity contribution in [2.45, 2.75) is 0 Å². The highest BCUT2D eigenvalue weighted by Crippen LogP contribution is 2.20. The number of anilines is 1. The molecule has 98 valence electrons. The van der Waals surface area contributed by atoms with Gasteiger partial charge in [-0.3, -0.25) is 5.32 Å². The molecule has 0 spiro atoms. The maximum Gasteiger partial charge on any atom is 0.324 e. The molecule has 0 aliphatic rings. The zero-order chi connectivity index (χ0) is 13.8. The number of carbonyl (C=O) groups is 1. The molecule has 1 aromatic heterocycles. The number of nitrogens with one attached hydrogen (secondary N) is 2. The number of hydrogen-bond acceptors (Lipinski definition) is 2. The smallest absolute Gasteiger partial charge is 0.324 e. The van der Waals surface area contributed by atoms with E-state index in [1.165, 1.54) is 0 Å². The number of rotatable bonds is 2. The molecule has 6 heteroatoms. The van der Waals surface area contributed by atoms with Crippen molar-refractivity contribution < 1.29 is 4.79 Å². The highest BCUT2D eigenvalue weighted by Gasteiger charge is 2.10. The quantitative estimate of drug-likeness (QED) is 0.836. The van der Waals surface area contributed by atoms with E-state index in [1.807, 2.05) is 29.9 Å². The van der Waals surface area contributed by atoms with Crippen LogP contribution in [0.1, 0.15) is 5.69 Å². The van der Waals surface area contributed by atoms with Gasteiger partial charge < -0.3 is 9.88 Å². The third-order valence-electron chi connectivity index (χ3n) is 2.53. The number of thiocarbonyl (C=S) groups is 1. The molecule has 2 N–H and O–H groups in total. The van der Waals surface area contributed by atoms with Crippen molar-refractivity contribution in [2.75, 3.05) is 5.32 Å². The number of nitrogens with zero attached hydrogens (tertiary/aromatic N) is 1. The third-order valence-corrected chi connectivity index (χ3v) is 3.17. The molecule has 0 saturated carbocycles. The lowest BCUT2D eigenvalue weighted by molar-refractivity contribution is 0.256. The minimum Gasteiger partial charge on any atom is -0.349 e. The first-order valence-corrected chi connectivity index (χ1v) is 6.35. The van der Waals surface area contributed by atoms with Crippen molar-refractivity contribution >= 4 is 40.5 Å². The highest BCUT2D eigenvalue weighted by atomic mass is 35.5. The first kappa shape index (κ1) is 13.6. The van der Waals surface area contributed by atoms with E-state index in [0.29, 0.717) is 15.7 Å². The molecule has 1 heterocycles. The minimum absolute atomic E-state index is 0.358. The SMILES string of the molecule is Cn1cccc1C(=S)NC(=O)Nc1ccccc1Cl. The van der Waals surface area contributed by atoms with Crippen molar-refractivity contribution in [2.24, 2.45) is 7.05 Å². The molecule has 0 atom stereocenters. The Labute approximate surface area is 121 Å². The average Bonchev–Trinajstić information content (AvgIpc) is 2.78. The van der Waals surface area contributed by atoms with Gasteiger partial charge in [-0.1, -0.05) is 36.0 Å². The maximum absolute atomic E-state index is 11.8. The molecule has 0 radical (unpaired) electrons. The molecule has 2 aromatic rings. The summed E-state index contributed by atoms with van der Waals surface area (Å²) in [4.78, 5) is 12.2. The predicted octanol–water partition coefficient (Wildman–Crippen LogP) is 3.18. The van der Waals surface area contributed by atoms with Crippen LogP contribution in [0.4, 0.5) is 10.5 Å². The van der Waals surface area contributed by atoms with E-state index in [2.05, 4.69) is 10.6 Å². The van der Waals surface area contributed by atoms with Gasteiger partial charge in [0.1, 0.15) is 4.99 Å². The Kier molecular flexibility index (Phi) is 4.19. The van der Waals surface area contributed by atoms with Crippen LogP contribution in [-0.2, 0) is 7.05 Å². The van der Waals surface area contributed by atoms with Gasteiger partial charge in [0.15, 0.2) is 0 Å². The van der Waals surface area contributed by atoms with Crippen molar-refractivity contribution in [3.8, 4) is 0 Å². The fraction of sp³-hybridized carbons (Fsp3) is 0.0769. The van der Waals surface area contributed by atoms with Gasteiger partial charge in [0.05, 0.1) is 16.4 Å². The lowest BCUT2D eigenvalue weighted by Gasteiger charge is -2.10. The van der Waals surface area contributed by atoms with Crippen molar-refractivity contribution in [1.82, 2.24) is 9.88 Å². The summed E-state index contributed by atoms with van der Waals surface area (Å²) in [5, 5.41) is 5.72. The van der Waals surface area contributed by atoms with Gasteiger partial charge in [-0.25, -0.2) is 4.79 Å². The number of carbonyl (C=O) groups excluding carboxylic acids is 1. The van der Waals surface area contributed by atoms with Gasteiger partial charge in [0.25, 0.3) is 0 Å². The van der Waals surface area contributed by atoms with Gasteiger partial charge in [-0.2, -0.15) is 0 Å². The Hall–Kier alpha value is -1.85. The number of halogens is 1. The summed E-state index contributed by atoms with van der Waals surface area (Å²) in [6.45, 7) is 0. The number of urea groups is 1. The first-order chi connectivity index (χ1) is 9.08. The van der Waals surface area contributed by atoms with Crippen LogP contribution in [-0.4, -0.2) is 15.6 Å². The molecule has 0 saturated heterocycles. The predicted molar refractivity (Wildman–Crippen MR) is 80.7 cm³/mol. The van der Waals surface area contributed by atoms with E-state index >= 15 is 0 Å². The topological polar surface area (TPSA) is 46.1 Å². The van der Waals surface area contributed by atoms with Crippen LogP contribution >= 0.6 is 23.8 Å². The second-order valence-electron chi connectivity index (χ2n) is 3.89. The standard InChI is InChI=1S/C13H12ClN3OS/c1-17-8-4-7-11(17)12(19)16-13(18)15-10-6-3-2-5-9(10)14/h2-8H,1H3,(H2,15,16,18,19). The van der Waals surface area contributed by atoms with Gasteiger partial charge in [0, 0.05) is 13.2 Å². The molecule has 19 heavy (non-hydrogen) atoms. The Morgan fingerprint density at radius 3 is 2.63 bits per heavy atom. The van der Waals surface area contributed by atoms with Crippen LogP contribution in [0, 0.1) is 0 Å². The summed E-state index contributed by atoms with van der Waals surface area (Å²) in [6.07, 6.45) is 1.86. The molecule has 4 nitrogen and oxygen atoms in total. The largest absolute Gasteiger partial charge is 0.349 e. The molecule has 0 unspecified atom stereocenters. The van der Waals surface area contributed by atoms with Crippen LogP contribution in [0.2, 0.25) is 5.02 Å². The van der Waals surface area contributed by atoms with Crippen LogP contribution in [0.3, 0.4) is 0 Å². The molecular weight excluding hydrogens is 282 g/mol. The Morgan fingerprint density at radius 2 is 2.00 bits per heavy atom. The van der Waals surface area contributed by atoms with Crippen molar-refractivity contribution in [3.63, 3.8) is 0 Å². The normalized spacial score (nSPS) is 10.0.